The zero-order valence-electron chi connectivity index (χ0n) is 12.6. The van der Waals surface area contributed by atoms with E-state index in [1.807, 2.05) is 51.1 Å². The van der Waals surface area contributed by atoms with E-state index in [4.69, 9.17) is 9.47 Å². The van der Waals surface area contributed by atoms with Gasteiger partial charge in [-0.25, -0.2) is 0 Å². The molecule has 1 heterocycles. The number of benzene rings is 1. The molecule has 1 aromatic rings. The predicted octanol–water partition coefficient (Wildman–Crippen LogP) is 3.48. The van der Waals surface area contributed by atoms with Gasteiger partial charge in [-0.05, 0) is 37.6 Å². The number of hydrogen-bond acceptors (Lipinski definition) is 3. The first-order valence-corrected chi connectivity index (χ1v) is 7.00. The lowest BCUT2D eigenvalue weighted by molar-refractivity contribution is -0.167. The fraction of sp³-hybridized carbons (Fsp3) is 0.471. The van der Waals surface area contributed by atoms with E-state index in [1.165, 1.54) is 0 Å². The molecule has 1 fully saturated rings. The molecular weight excluding hydrogens is 252 g/mol. The van der Waals surface area contributed by atoms with Gasteiger partial charge in [0.05, 0.1) is 19.3 Å². The zero-order valence-corrected chi connectivity index (χ0v) is 12.6. The van der Waals surface area contributed by atoms with Gasteiger partial charge in [-0.2, -0.15) is 0 Å². The molecule has 0 aliphatic carbocycles. The maximum absolute atomic E-state index is 12.2. The van der Waals surface area contributed by atoms with Gasteiger partial charge in [0.25, 0.3) is 0 Å². The smallest absolute Gasteiger partial charge is 0.159 e. The quantitative estimate of drug-likeness (QED) is 0.771. The number of ketones is 1. The highest BCUT2D eigenvalue weighted by Gasteiger charge is 2.43. The Bertz CT molecular complexity index is 512. The van der Waals surface area contributed by atoms with Crippen LogP contribution in [0.3, 0.4) is 0 Å². The minimum Gasteiger partial charge on any atom is -0.497 e. The third-order valence-electron chi connectivity index (χ3n) is 3.92. The Morgan fingerprint density at radius 1 is 1.40 bits per heavy atom. The van der Waals surface area contributed by atoms with Crippen molar-refractivity contribution in [2.24, 2.45) is 5.92 Å². The molecule has 0 bridgehead atoms. The molecule has 108 valence electrons. The highest BCUT2D eigenvalue weighted by atomic mass is 16.5. The zero-order chi connectivity index (χ0) is 14.8. The van der Waals surface area contributed by atoms with Crippen molar-refractivity contribution in [1.82, 2.24) is 0 Å². The van der Waals surface area contributed by atoms with Gasteiger partial charge in [-0.15, -0.1) is 0 Å². The Kier molecular flexibility index (Phi) is 4.29. The van der Waals surface area contributed by atoms with E-state index in [0.717, 1.165) is 16.9 Å². The van der Waals surface area contributed by atoms with E-state index in [2.05, 4.69) is 0 Å². The third-order valence-corrected chi connectivity index (χ3v) is 3.92. The molecule has 1 aliphatic rings. The Morgan fingerprint density at radius 2 is 2.05 bits per heavy atom. The standard InChI is InChI=1S/C17H22O3/c1-5-16(18)14(15-11-20-17(15,2)3)10-12-6-8-13(19-4)9-7-12/h6-10,15H,5,11H2,1-4H3/b14-10+. The minimum absolute atomic E-state index is 0.178. The van der Waals surface area contributed by atoms with Gasteiger partial charge in [0.15, 0.2) is 5.78 Å². The van der Waals surface area contributed by atoms with Crippen molar-refractivity contribution >= 4 is 11.9 Å². The molecule has 1 aliphatic heterocycles. The first-order chi connectivity index (χ1) is 9.47. The molecule has 0 spiro atoms. The average Bonchev–Trinajstić information content (AvgIpc) is 2.45. The summed E-state index contributed by atoms with van der Waals surface area (Å²) in [4.78, 5) is 12.2. The largest absolute Gasteiger partial charge is 0.497 e. The van der Waals surface area contributed by atoms with Crippen LogP contribution in [0.2, 0.25) is 0 Å². The second-order valence-corrected chi connectivity index (χ2v) is 5.62. The Balaban J connectivity index is 2.30. The molecule has 3 nitrogen and oxygen atoms in total. The van der Waals surface area contributed by atoms with Crippen LogP contribution in [-0.4, -0.2) is 25.1 Å². The summed E-state index contributed by atoms with van der Waals surface area (Å²) in [6.07, 6.45) is 2.51. The SMILES string of the molecule is CCC(=O)/C(=C/c1ccc(OC)cc1)C1COC1(C)C. The second-order valence-electron chi connectivity index (χ2n) is 5.62. The first-order valence-electron chi connectivity index (χ1n) is 7.00. The number of hydrogen-bond donors (Lipinski definition) is 0. The molecule has 0 N–H and O–H groups in total. The van der Waals surface area contributed by atoms with Gasteiger partial charge in [0.1, 0.15) is 5.75 Å². The summed E-state index contributed by atoms with van der Waals surface area (Å²) >= 11 is 0. The van der Waals surface area contributed by atoms with Crippen LogP contribution in [0.5, 0.6) is 5.75 Å². The number of methoxy groups -OCH3 is 1. The lowest BCUT2D eigenvalue weighted by atomic mass is 9.77. The van der Waals surface area contributed by atoms with Crippen LogP contribution in [0, 0.1) is 5.92 Å². The van der Waals surface area contributed by atoms with Crippen molar-refractivity contribution in [3.8, 4) is 5.75 Å². The van der Waals surface area contributed by atoms with Gasteiger partial charge in [-0.1, -0.05) is 19.1 Å². The molecule has 0 radical (unpaired) electrons. The van der Waals surface area contributed by atoms with Crippen LogP contribution in [0.1, 0.15) is 32.8 Å². The summed E-state index contributed by atoms with van der Waals surface area (Å²) in [7, 11) is 1.64. The summed E-state index contributed by atoms with van der Waals surface area (Å²) in [6, 6.07) is 7.74. The molecular formula is C17H22O3. The highest BCUT2D eigenvalue weighted by molar-refractivity contribution is 6.00. The second kappa shape index (κ2) is 5.80. The van der Waals surface area contributed by atoms with Crippen molar-refractivity contribution in [1.29, 1.82) is 0 Å². The number of rotatable bonds is 5. The monoisotopic (exact) mass is 274 g/mol. The molecule has 0 saturated carbocycles. The van der Waals surface area contributed by atoms with Crippen molar-refractivity contribution in [2.45, 2.75) is 32.8 Å². The lowest BCUT2D eigenvalue weighted by Gasteiger charge is -2.45. The molecule has 0 aromatic heterocycles. The number of carbonyl (C=O) groups excluding carboxylic acids is 1. The van der Waals surface area contributed by atoms with Crippen molar-refractivity contribution in [3.63, 3.8) is 0 Å². The van der Waals surface area contributed by atoms with E-state index < -0.39 is 0 Å². The predicted molar refractivity (Wildman–Crippen MR) is 79.8 cm³/mol. The molecule has 20 heavy (non-hydrogen) atoms. The van der Waals surface area contributed by atoms with Crippen LogP contribution in [-0.2, 0) is 9.53 Å². The topological polar surface area (TPSA) is 35.5 Å². The summed E-state index contributed by atoms with van der Waals surface area (Å²) < 4.78 is 10.7. The molecule has 2 rings (SSSR count). The summed E-state index contributed by atoms with van der Waals surface area (Å²) in [5.74, 6) is 1.19. The van der Waals surface area contributed by atoms with Gasteiger partial charge in [0, 0.05) is 17.9 Å². The highest BCUT2D eigenvalue weighted by Crippen LogP contribution is 2.39. The van der Waals surface area contributed by atoms with E-state index in [1.54, 1.807) is 7.11 Å². The first kappa shape index (κ1) is 14.8. The lowest BCUT2D eigenvalue weighted by Crippen LogP contribution is -2.50. The Hall–Kier alpha value is -1.61. The maximum Gasteiger partial charge on any atom is 0.159 e. The third kappa shape index (κ3) is 2.93. The van der Waals surface area contributed by atoms with Gasteiger partial charge in [-0.3, -0.25) is 4.79 Å². The molecule has 1 saturated heterocycles. The molecule has 0 amide bonds. The number of ether oxygens (including phenoxy) is 2. The maximum atomic E-state index is 12.2. The van der Waals surface area contributed by atoms with Crippen LogP contribution >= 0.6 is 0 Å². The summed E-state index contributed by atoms with van der Waals surface area (Å²) in [5, 5.41) is 0. The molecule has 1 aromatic carbocycles. The van der Waals surface area contributed by atoms with E-state index in [9.17, 15) is 4.79 Å². The van der Waals surface area contributed by atoms with Crippen LogP contribution in [0.15, 0.2) is 29.8 Å². The number of carbonyl (C=O) groups is 1. The van der Waals surface area contributed by atoms with Gasteiger partial charge >= 0.3 is 0 Å². The van der Waals surface area contributed by atoms with Crippen LogP contribution in [0.25, 0.3) is 6.08 Å². The fourth-order valence-electron chi connectivity index (χ4n) is 2.42. The van der Waals surface area contributed by atoms with Crippen molar-refractivity contribution in [2.75, 3.05) is 13.7 Å². The molecule has 1 atom stereocenters. The van der Waals surface area contributed by atoms with Crippen LogP contribution in [0.4, 0.5) is 0 Å². The van der Waals surface area contributed by atoms with Gasteiger partial charge < -0.3 is 9.47 Å². The minimum atomic E-state index is -0.247. The van der Waals surface area contributed by atoms with Crippen molar-refractivity contribution in [3.05, 3.63) is 35.4 Å². The van der Waals surface area contributed by atoms with Gasteiger partial charge in [0.2, 0.25) is 0 Å². The molecule has 3 heteroatoms. The fourth-order valence-corrected chi connectivity index (χ4v) is 2.42. The Morgan fingerprint density at radius 3 is 2.45 bits per heavy atom. The number of Topliss-reactive ketones (excluding diaryl/α,β-unsaturated/α-hetero) is 1. The summed E-state index contributed by atoms with van der Waals surface area (Å²) in [5.41, 5.74) is 1.64. The van der Waals surface area contributed by atoms with Crippen molar-refractivity contribution < 1.29 is 14.3 Å². The van der Waals surface area contributed by atoms with E-state index >= 15 is 0 Å². The normalized spacial score (nSPS) is 21.2. The van der Waals surface area contributed by atoms with E-state index in [0.29, 0.717) is 13.0 Å². The summed E-state index contributed by atoms with van der Waals surface area (Å²) in [6.45, 7) is 6.59. The van der Waals surface area contributed by atoms with Crippen LogP contribution < -0.4 is 4.74 Å². The average molecular weight is 274 g/mol. The molecule has 1 unspecified atom stereocenters. The van der Waals surface area contributed by atoms with E-state index in [-0.39, 0.29) is 17.3 Å². The Labute approximate surface area is 120 Å².